The van der Waals surface area contributed by atoms with E-state index in [0.717, 1.165) is 6.42 Å². The van der Waals surface area contributed by atoms with Gasteiger partial charge in [0.25, 0.3) is 0 Å². The van der Waals surface area contributed by atoms with Crippen molar-refractivity contribution in [2.75, 3.05) is 0 Å². The lowest BCUT2D eigenvalue weighted by molar-refractivity contribution is 0.261. The third-order valence-electron chi connectivity index (χ3n) is 3.71. The first-order valence-electron chi connectivity index (χ1n) is 6.18. The van der Waals surface area contributed by atoms with Crippen molar-refractivity contribution >= 4 is 0 Å². The monoisotopic (exact) mass is 218 g/mol. The molecule has 0 aliphatic heterocycles. The number of hydrogen-bond acceptors (Lipinski definition) is 2. The Hall–Kier alpha value is -0.890. The smallest absolute Gasteiger partial charge is 0.0605 e. The van der Waals surface area contributed by atoms with Gasteiger partial charge in [-0.3, -0.25) is 4.98 Å². The van der Waals surface area contributed by atoms with Gasteiger partial charge >= 0.3 is 0 Å². The van der Waals surface area contributed by atoms with Gasteiger partial charge in [-0.25, -0.2) is 0 Å². The molecule has 1 heterocycles. The van der Waals surface area contributed by atoms with Crippen LogP contribution in [0.3, 0.4) is 0 Å². The molecule has 0 amide bonds. The van der Waals surface area contributed by atoms with E-state index in [1.807, 2.05) is 12.3 Å². The van der Waals surface area contributed by atoms with Crippen LogP contribution in [0.1, 0.15) is 51.4 Å². The highest BCUT2D eigenvalue weighted by molar-refractivity contribution is 5.28. The maximum absolute atomic E-state index is 4.51. The van der Waals surface area contributed by atoms with Crippen LogP contribution in [0.25, 0.3) is 0 Å². The van der Waals surface area contributed by atoms with Crippen LogP contribution in [-0.4, -0.2) is 11.0 Å². The van der Waals surface area contributed by atoms with Gasteiger partial charge < -0.3 is 5.32 Å². The van der Waals surface area contributed by atoms with E-state index in [-0.39, 0.29) is 0 Å². The van der Waals surface area contributed by atoms with E-state index in [9.17, 15) is 0 Å². The zero-order chi connectivity index (χ0) is 11.8. The normalized spacial score (nSPS) is 21.9. The Morgan fingerprint density at radius 1 is 1.44 bits per heavy atom. The molecule has 88 valence electrons. The molecule has 0 bridgehead atoms. The van der Waals surface area contributed by atoms with Crippen LogP contribution in [0.15, 0.2) is 18.3 Å². The fourth-order valence-corrected chi connectivity index (χ4v) is 2.13. The van der Waals surface area contributed by atoms with Gasteiger partial charge in [-0.1, -0.05) is 26.8 Å². The average Bonchev–Trinajstić information content (AvgIpc) is 2.61. The van der Waals surface area contributed by atoms with Gasteiger partial charge in [-0.05, 0) is 36.8 Å². The Balaban J connectivity index is 2.09. The summed E-state index contributed by atoms with van der Waals surface area (Å²) in [5.74, 6) is 0. The van der Waals surface area contributed by atoms with E-state index in [4.69, 9.17) is 0 Å². The number of rotatable bonds is 2. The molecule has 1 aromatic rings. The second-order valence-corrected chi connectivity index (χ2v) is 5.89. The van der Waals surface area contributed by atoms with Gasteiger partial charge in [0.2, 0.25) is 0 Å². The quantitative estimate of drug-likeness (QED) is 0.825. The van der Waals surface area contributed by atoms with Crippen molar-refractivity contribution in [2.45, 2.75) is 52.6 Å². The first kappa shape index (κ1) is 11.6. The molecule has 2 nitrogen and oxygen atoms in total. The largest absolute Gasteiger partial charge is 0.306 e. The van der Waals surface area contributed by atoms with Crippen LogP contribution < -0.4 is 5.32 Å². The molecule has 1 aromatic heterocycles. The molecule has 1 aliphatic rings. The lowest BCUT2D eigenvalue weighted by Crippen LogP contribution is -2.39. The van der Waals surface area contributed by atoms with E-state index >= 15 is 0 Å². The van der Waals surface area contributed by atoms with Crippen LogP contribution in [0.2, 0.25) is 0 Å². The van der Waals surface area contributed by atoms with E-state index in [0.29, 0.717) is 17.5 Å². The van der Waals surface area contributed by atoms with Crippen molar-refractivity contribution in [3.05, 3.63) is 29.6 Å². The standard InChI is InChI=1S/C14H22N2/c1-10(14(2,3)4)16-12-8-7-11-6-5-9-15-13(11)12/h5-6,9-10,12,16H,7-8H2,1-4H3. The van der Waals surface area contributed by atoms with Crippen LogP contribution in [0, 0.1) is 5.41 Å². The minimum atomic E-state index is 0.303. The number of fused-ring (bicyclic) bond motifs is 1. The summed E-state index contributed by atoms with van der Waals surface area (Å²) in [6, 6.07) is 5.19. The van der Waals surface area contributed by atoms with Gasteiger partial charge in [0, 0.05) is 12.2 Å². The fourth-order valence-electron chi connectivity index (χ4n) is 2.13. The molecule has 2 atom stereocenters. The first-order chi connectivity index (χ1) is 7.48. The molecule has 1 aliphatic carbocycles. The van der Waals surface area contributed by atoms with Crippen LogP contribution in [0.4, 0.5) is 0 Å². The van der Waals surface area contributed by atoms with Crippen LogP contribution >= 0.6 is 0 Å². The summed E-state index contributed by atoms with van der Waals surface area (Å²) < 4.78 is 0. The zero-order valence-corrected chi connectivity index (χ0v) is 10.7. The van der Waals surface area contributed by atoms with E-state index in [1.165, 1.54) is 17.7 Å². The zero-order valence-electron chi connectivity index (χ0n) is 10.7. The Kier molecular flexibility index (Phi) is 3.02. The lowest BCUT2D eigenvalue weighted by atomic mass is 9.87. The Bertz CT molecular complexity index is 365. The minimum absolute atomic E-state index is 0.303. The summed E-state index contributed by atoms with van der Waals surface area (Å²) in [6.45, 7) is 9.10. The molecule has 0 fully saturated rings. The van der Waals surface area contributed by atoms with Crippen molar-refractivity contribution < 1.29 is 0 Å². The van der Waals surface area contributed by atoms with E-state index in [1.54, 1.807) is 0 Å². The Morgan fingerprint density at radius 3 is 2.88 bits per heavy atom. The summed E-state index contributed by atoms with van der Waals surface area (Å²) in [5.41, 5.74) is 2.98. The van der Waals surface area contributed by atoms with Gasteiger partial charge in [0.15, 0.2) is 0 Å². The predicted octanol–water partition coefficient (Wildman–Crippen LogP) is 3.09. The van der Waals surface area contributed by atoms with E-state index < -0.39 is 0 Å². The number of nitrogens with zero attached hydrogens (tertiary/aromatic N) is 1. The fraction of sp³-hybridized carbons (Fsp3) is 0.643. The summed E-state index contributed by atoms with van der Waals surface area (Å²) in [4.78, 5) is 4.51. The number of aryl methyl sites for hydroxylation is 1. The molecule has 2 heteroatoms. The van der Waals surface area contributed by atoms with Crippen molar-refractivity contribution in [3.63, 3.8) is 0 Å². The summed E-state index contributed by atoms with van der Waals surface area (Å²) in [7, 11) is 0. The SMILES string of the molecule is CC(NC1CCc2cccnc21)C(C)(C)C. The third-order valence-corrected chi connectivity index (χ3v) is 3.71. The van der Waals surface area contributed by atoms with Crippen molar-refractivity contribution in [1.82, 2.24) is 10.3 Å². The highest BCUT2D eigenvalue weighted by atomic mass is 15.0. The molecule has 0 saturated carbocycles. The molecule has 2 unspecified atom stereocenters. The summed E-state index contributed by atoms with van der Waals surface area (Å²) in [6.07, 6.45) is 4.26. The van der Waals surface area contributed by atoms with Crippen molar-refractivity contribution in [3.8, 4) is 0 Å². The molecular weight excluding hydrogens is 196 g/mol. The summed E-state index contributed by atoms with van der Waals surface area (Å²) >= 11 is 0. The minimum Gasteiger partial charge on any atom is -0.306 e. The molecule has 2 rings (SSSR count). The third kappa shape index (κ3) is 2.27. The lowest BCUT2D eigenvalue weighted by Gasteiger charge is -2.31. The van der Waals surface area contributed by atoms with Crippen LogP contribution in [0.5, 0.6) is 0 Å². The number of hydrogen-bond donors (Lipinski definition) is 1. The molecule has 0 aromatic carbocycles. The van der Waals surface area contributed by atoms with Gasteiger partial charge in [0.05, 0.1) is 11.7 Å². The van der Waals surface area contributed by atoms with Crippen molar-refractivity contribution in [1.29, 1.82) is 0 Å². The molecule has 0 spiro atoms. The number of nitrogens with one attached hydrogen (secondary N) is 1. The van der Waals surface area contributed by atoms with Crippen molar-refractivity contribution in [2.24, 2.45) is 5.41 Å². The Labute approximate surface area is 98.5 Å². The number of pyridine rings is 1. The second-order valence-electron chi connectivity index (χ2n) is 5.89. The maximum Gasteiger partial charge on any atom is 0.0605 e. The molecule has 1 N–H and O–H groups in total. The molecule has 0 radical (unpaired) electrons. The number of aromatic nitrogens is 1. The highest BCUT2D eigenvalue weighted by Crippen LogP contribution is 2.31. The molecular formula is C14H22N2. The van der Waals surface area contributed by atoms with Gasteiger partial charge in [-0.15, -0.1) is 0 Å². The Morgan fingerprint density at radius 2 is 2.19 bits per heavy atom. The summed E-state index contributed by atoms with van der Waals surface area (Å²) in [5, 5.41) is 3.71. The molecule has 16 heavy (non-hydrogen) atoms. The molecule has 0 saturated heterocycles. The predicted molar refractivity (Wildman–Crippen MR) is 67.4 cm³/mol. The van der Waals surface area contributed by atoms with Crippen LogP contribution in [-0.2, 0) is 6.42 Å². The van der Waals surface area contributed by atoms with E-state index in [2.05, 4.69) is 44.1 Å². The van der Waals surface area contributed by atoms with Gasteiger partial charge in [-0.2, -0.15) is 0 Å². The maximum atomic E-state index is 4.51. The van der Waals surface area contributed by atoms with Gasteiger partial charge in [0.1, 0.15) is 0 Å². The first-order valence-corrected chi connectivity index (χ1v) is 6.18. The highest BCUT2D eigenvalue weighted by Gasteiger charge is 2.28. The second kappa shape index (κ2) is 4.17. The average molecular weight is 218 g/mol. The topological polar surface area (TPSA) is 24.9 Å².